The molecule has 3 heteroatoms. The molecule has 0 bridgehead atoms. The van der Waals surface area contributed by atoms with Crippen LogP contribution in [0, 0.1) is 11.8 Å². The fourth-order valence-electron chi connectivity index (χ4n) is 2.42. The van der Waals surface area contributed by atoms with Crippen molar-refractivity contribution in [2.24, 2.45) is 18.9 Å². The summed E-state index contributed by atoms with van der Waals surface area (Å²) in [6.07, 6.45) is 7.52. The number of nitrogens with zero attached hydrogens (tertiary/aromatic N) is 2. The molecule has 1 aliphatic rings. The van der Waals surface area contributed by atoms with Crippen LogP contribution in [0.1, 0.15) is 32.6 Å². The Labute approximate surface area is 91.9 Å². The molecular formula is C12H21N3. The highest BCUT2D eigenvalue weighted by Crippen LogP contribution is 2.35. The van der Waals surface area contributed by atoms with E-state index in [4.69, 9.17) is 0 Å². The summed E-state index contributed by atoms with van der Waals surface area (Å²) < 4.78 is 1.83. The van der Waals surface area contributed by atoms with Crippen LogP contribution in [0.15, 0.2) is 12.3 Å². The van der Waals surface area contributed by atoms with Crippen molar-refractivity contribution in [2.75, 3.05) is 11.9 Å². The number of aryl methyl sites for hydroxylation is 1. The molecule has 15 heavy (non-hydrogen) atoms. The van der Waals surface area contributed by atoms with Crippen LogP contribution in [0.4, 0.5) is 5.82 Å². The van der Waals surface area contributed by atoms with Gasteiger partial charge in [-0.2, -0.15) is 5.10 Å². The van der Waals surface area contributed by atoms with Crippen LogP contribution in [0.5, 0.6) is 0 Å². The molecule has 2 rings (SSSR count). The molecule has 0 atom stereocenters. The lowest BCUT2D eigenvalue weighted by atomic mass is 9.74. The minimum absolute atomic E-state index is 0.985. The molecule has 1 aromatic heterocycles. The lowest BCUT2D eigenvalue weighted by Gasteiger charge is -2.32. The highest BCUT2D eigenvalue weighted by molar-refractivity contribution is 5.31. The van der Waals surface area contributed by atoms with Crippen LogP contribution >= 0.6 is 0 Å². The Morgan fingerprint density at radius 2 is 2.33 bits per heavy atom. The molecule has 1 saturated carbocycles. The van der Waals surface area contributed by atoms with E-state index < -0.39 is 0 Å². The van der Waals surface area contributed by atoms with E-state index in [1.807, 2.05) is 24.0 Å². The average Bonchev–Trinajstić information content (AvgIpc) is 2.55. The molecule has 1 fully saturated rings. The van der Waals surface area contributed by atoms with Crippen LogP contribution < -0.4 is 5.32 Å². The van der Waals surface area contributed by atoms with Crippen molar-refractivity contribution in [3.63, 3.8) is 0 Å². The van der Waals surface area contributed by atoms with E-state index in [1.165, 1.54) is 25.7 Å². The highest BCUT2D eigenvalue weighted by atomic mass is 15.3. The Balaban J connectivity index is 1.55. The van der Waals surface area contributed by atoms with Gasteiger partial charge in [0.2, 0.25) is 0 Å². The van der Waals surface area contributed by atoms with Crippen LogP contribution in [-0.2, 0) is 7.05 Å². The van der Waals surface area contributed by atoms with Gasteiger partial charge < -0.3 is 5.32 Å². The third kappa shape index (κ3) is 2.98. The third-order valence-electron chi connectivity index (χ3n) is 3.28. The van der Waals surface area contributed by atoms with Gasteiger partial charge in [-0.25, -0.2) is 0 Å². The monoisotopic (exact) mass is 207 g/mol. The van der Waals surface area contributed by atoms with Gasteiger partial charge in [-0.15, -0.1) is 0 Å². The minimum atomic E-state index is 0.985. The maximum Gasteiger partial charge on any atom is 0.147 e. The lowest BCUT2D eigenvalue weighted by Crippen LogP contribution is -2.21. The van der Waals surface area contributed by atoms with Gasteiger partial charge in [0.1, 0.15) is 5.82 Å². The molecular weight excluding hydrogens is 186 g/mol. The maximum atomic E-state index is 4.28. The quantitative estimate of drug-likeness (QED) is 0.752. The van der Waals surface area contributed by atoms with Gasteiger partial charge in [0.05, 0.1) is 0 Å². The fourth-order valence-corrected chi connectivity index (χ4v) is 2.42. The van der Waals surface area contributed by atoms with Crippen molar-refractivity contribution < 1.29 is 0 Å². The number of hydrogen-bond donors (Lipinski definition) is 1. The zero-order chi connectivity index (χ0) is 10.7. The van der Waals surface area contributed by atoms with Gasteiger partial charge in [-0.05, 0) is 37.5 Å². The van der Waals surface area contributed by atoms with Crippen molar-refractivity contribution in [1.29, 1.82) is 0 Å². The molecule has 0 unspecified atom stereocenters. The van der Waals surface area contributed by atoms with E-state index in [2.05, 4.69) is 17.3 Å². The predicted molar refractivity (Wildman–Crippen MR) is 62.8 cm³/mol. The van der Waals surface area contributed by atoms with Gasteiger partial charge in [-0.1, -0.05) is 6.92 Å². The second-order valence-corrected chi connectivity index (χ2v) is 4.89. The first kappa shape index (κ1) is 10.5. The number of anilines is 1. The van der Waals surface area contributed by atoms with Gasteiger partial charge in [0, 0.05) is 25.9 Å². The summed E-state index contributed by atoms with van der Waals surface area (Å²) in [6.45, 7) is 3.41. The predicted octanol–water partition coefficient (Wildman–Crippen LogP) is 2.66. The normalized spacial score (nSPS) is 24.9. The lowest BCUT2D eigenvalue weighted by molar-refractivity contribution is 0.198. The Morgan fingerprint density at radius 1 is 1.53 bits per heavy atom. The van der Waals surface area contributed by atoms with Gasteiger partial charge in [0.15, 0.2) is 0 Å². The summed E-state index contributed by atoms with van der Waals surface area (Å²) >= 11 is 0. The fraction of sp³-hybridized carbons (Fsp3) is 0.750. The summed E-state index contributed by atoms with van der Waals surface area (Å²) in [6, 6.07) is 2.02. The zero-order valence-electron chi connectivity index (χ0n) is 9.74. The van der Waals surface area contributed by atoms with Crippen LogP contribution in [0.2, 0.25) is 0 Å². The minimum Gasteiger partial charge on any atom is -0.369 e. The van der Waals surface area contributed by atoms with E-state index in [1.54, 1.807) is 0 Å². The molecule has 1 heterocycles. The first-order chi connectivity index (χ1) is 7.24. The van der Waals surface area contributed by atoms with Crippen LogP contribution in [-0.4, -0.2) is 16.3 Å². The summed E-state index contributed by atoms with van der Waals surface area (Å²) in [5, 5.41) is 7.63. The molecule has 0 amide bonds. The van der Waals surface area contributed by atoms with E-state index in [9.17, 15) is 0 Å². The topological polar surface area (TPSA) is 29.9 Å². The molecule has 84 valence electrons. The Morgan fingerprint density at radius 3 is 2.93 bits per heavy atom. The Hall–Kier alpha value is -0.990. The largest absolute Gasteiger partial charge is 0.369 e. The molecule has 0 saturated heterocycles. The van der Waals surface area contributed by atoms with Crippen molar-refractivity contribution in [2.45, 2.75) is 32.6 Å². The molecule has 0 aliphatic heterocycles. The summed E-state index contributed by atoms with van der Waals surface area (Å²) in [5.74, 6) is 2.99. The van der Waals surface area contributed by atoms with Crippen molar-refractivity contribution in [3.05, 3.63) is 12.3 Å². The first-order valence-electron chi connectivity index (χ1n) is 5.97. The number of nitrogens with one attached hydrogen (secondary N) is 1. The second kappa shape index (κ2) is 4.69. The van der Waals surface area contributed by atoms with Crippen molar-refractivity contribution in [1.82, 2.24) is 9.78 Å². The van der Waals surface area contributed by atoms with Gasteiger partial charge in [0.25, 0.3) is 0 Å². The Kier molecular flexibility index (Phi) is 3.29. The number of rotatable bonds is 5. The van der Waals surface area contributed by atoms with E-state index in [0.29, 0.717) is 0 Å². The highest BCUT2D eigenvalue weighted by Gasteiger charge is 2.24. The van der Waals surface area contributed by atoms with E-state index in [-0.39, 0.29) is 0 Å². The average molecular weight is 207 g/mol. The Bertz CT molecular complexity index is 300. The second-order valence-electron chi connectivity index (χ2n) is 4.89. The third-order valence-corrected chi connectivity index (χ3v) is 3.28. The van der Waals surface area contributed by atoms with E-state index >= 15 is 0 Å². The van der Waals surface area contributed by atoms with Crippen LogP contribution in [0.3, 0.4) is 0 Å². The zero-order valence-corrected chi connectivity index (χ0v) is 9.74. The standard InChI is InChI=1S/C12H21N3/c1-10-8-11(9-10)4-3-6-13-12-5-7-15(2)14-12/h5,7,10-11H,3-4,6,8-9H2,1-2H3,(H,13,14). The van der Waals surface area contributed by atoms with Crippen molar-refractivity contribution >= 4 is 5.82 Å². The molecule has 0 radical (unpaired) electrons. The van der Waals surface area contributed by atoms with Crippen LogP contribution in [0.25, 0.3) is 0 Å². The van der Waals surface area contributed by atoms with E-state index in [0.717, 1.165) is 24.2 Å². The molecule has 1 aromatic rings. The summed E-state index contributed by atoms with van der Waals surface area (Å²) in [5.41, 5.74) is 0. The van der Waals surface area contributed by atoms with Crippen molar-refractivity contribution in [3.8, 4) is 0 Å². The maximum absolute atomic E-state index is 4.28. The molecule has 3 nitrogen and oxygen atoms in total. The molecule has 1 N–H and O–H groups in total. The summed E-state index contributed by atoms with van der Waals surface area (Å²) in [4.78, 5) is 0. The van der Waals surface area contributed by atoms with Gasteiger partial charge >= 0.3 is 0 Å². The van der Waals surface area contributed by atoms with Gasteiger partial charge in [-0.3, -0.25) is 4.68 Å². The smallest absolute Gasteiger partial charge is 0.147 e. The first-order valence-corrected chi connectivity index (χ1v) is 5.97. The molecule has 1 aliphatic carbocycles. The molecule has 0 spiro atoms. The molecule has 0 aromatic carbocycles. The number of aromatic nitrogens is 2. The SMILES string of the molecule is CC1CC(CCCNc2ccn(C)n2)C1. The summed E-state index contributed by atoms with van der Waals surface area (Å²) in [7, 11) is 1.95. The number of hydrogen-bond acceptors (Lipinski definition) is 2.